The number of rotatable bonds is 6. The van der Waals surface area contributed by atoms with E-state index >= 15 is 0 Å². The number of hydrogen-bond donors (Lipinski definition) is 1. The second-order valence-corrected chi connectivity index (χ2v) is 8.57. The Hall–Kier alpha value is -1.06. The summed E-state index contributed by atoms with van der Waals surface area (Å²) >= 11 is 0. The molecule has 0 spiro atoms. The van der Waals surface area contributed by atoms with E-state index in [-0.39, 0.29) is 17.4 Å². The van der Waals surface area contributed by atoms with Crippen LogP contribution < -0.4 is 5.32 Å². The Morgan fingerprint density at radius 3 is 2.04 bits per heavy atom. The molecule has 0 radical (unpaired) electrons. The largest absolute Gasteiger partial charge is 0.359 e. The summed E-state index contributed by atoms with van der Waals surface area (Å²) in [5.41, 5.74) is -0.0635. The van der Waals surface area contributed by atoms with Crippen molar-refractivity contribution in [2.24, 2.45) is 23.2 Å². The number of nitrogens with one attached hydrogen (secondary N) is 1. The quantitative estimate of drug-likeness (QED) is 0.818. The maximum absolute atomic E-state index is 13.4. The van der Waals surface area contributed by atoms with Gasteiger partial charge in [-0.25, -0.2) is 0 Å². The number of carbonyl (C=O) groups excluding carboxylic acids is 2. The van der Waals surface area contributed by atoms with Crippen LogP contribution in [0.4, 0.5) is 0 Å². The Labute approximate surface area is 140 Å². The predicted molar refractivity (Wildman–Crippen MR) is 90.8 cm³/mol. The lowest BCUT2D eigenvalue weighted by Gasteiger charge is -2.57. The molecule has 4 rings (SSSR count). The standard InChI is InChI=1S/C19H32N2O2/c1-13(2)21(6-4-5-17(22)20-3)18(23)19-10-14-7-15(11-19)9-16(8-14)12-19/h13-16H,4-12H2,1-3H3,(H,20,22). The van der Waals surface area contributed by atoms with Crippen LogP contribution in [0.1, 0.15) is 65.2 Å². The molecule has 0 aliphatic heterocycles. The predicted octanol–water partition coefficient (Wildman–Crippen LogP) is 2.97. The maximum Gasteiger partial charge on any atom is 0.229 e. The van der Waals surface area contributed by atoms with Crippen molar-refractivity contribution in [3.63, 3.8) is 0 Å². The Kier molecular flexibility index (Phi) is 4.70. The van der Waals surface area contributed by atoms with Crippen LogP contribution in [-0.2, 0) is 9.59 Å². The second kappa shape index (κ2) is 6.45. The highest BCUT2D eigenvalue weighted by Crippen LogP contribution is 2.60. The van der Waals surface area contributed by atoms with Crippen molar-refractivity contribution in [1.29, 1.82) is 0 Å². The second-order valence-electron chi connectivity index (χ2n) is 8.57. The van der Waals surface area contributed by atoms with Gasteiger partial charge in [0, 0.05) is 26.1 Å². The monoisotopic (exact) mass is 320 g/mol. The van der Waals surface area contributed by atoms with Crippen LogP contribution in [0.25, 0.3) is 0 Å². The fourth-order valence-corrected chi connectivity index (χ4v) is 5.81. The molecule has 2 amide bonds. The number of carbonyl (C=O) groups is 2. The van der Waals surface area contributed by atoms with Crippen LogP contribution in [0.2, 0.25) is 0 Å². The normalized spacial score (nSPS) is 34.7. The fraction of sp³-hybridized carbons (Fsp3) is 0.895. The van der Waals surface area contributed by atoms with E-state index in [1.807, 2.05) is 0 Å². The first-order valence-corrected chi connectivity index (χ1v) is 9.45. The van der Waals surface area contributed by atoms with Crippen molar-refractivity contribution in [3.05, 3.63) is 0 Å². The minimum atomic E-state index is -0.0635. The molecule has 4 saturated carbocycles. The third kappa shape index (κ3) is 3.27. The molecule has 4 nitrogen and oxygen atoms in total. The molecule has 130 valence electrons. The van der Waals surface area contributed by atoms with Gasteiger partial charge in [-0.15, -0.1) is 0 Å². The highest BCUT2D eigenvalue weighted by atomic mass is 16.2. The molecule has 4 fully saturated rings. The van der Waals surface area contributed by atoms with Crippen molar-refractivity contribution in [2.75, 3.05) is 13.6 Å². The molecule has 0 unspecified atom stereocenters. The zero-order valence-electron chi connectivity index (χ0n) is 14.9. The highest BCUT2D eigenvalue weighted by molar-refractivity contribution is 5.83. The zero-order chi connectivity index (χ0) is 16.6. The summed E-state index contributed by atoms with van der Waals surface area (Å²) in [4.78, 5) is 26.9. The Bertz CT molecular complexity index is 437. The van der Waals surface area contributed by atoms with Crippen LogP contribution in [0.3, 0.4) is 0 Å². The van der Waals surface area contributed by atoms with Gasteiger partial charge < -0.3 is 10.2 Å². The Morgan fingerprint density at radius 2 is 1.61 bits per heavy atom. The van der Waals surface area contributed by atoms with Gasteiger partial charge in [0.1, 0.15) is 0 Å². The molecular weight excluding hydrogens is 288 g/mol. The van der Waals surface area contributed by atoms with Gasteiger partial charge in [0.05, 0.1) is 5.41 Å². The van der Waals surface area contributed by atoms with E-state index in [1.165, 1.54) is 19.3 Å². The van der Waals surface area contributed by atoms with E-state index in [9.17, 15) is 9.59 Å². The molecule has 0 aromatic heterocycles. The van der Waals surface area contributed by atoms with Crippen LogP contribution in [0, 0.1) is 23.2 Å². The average Bonchev–Trinajstić information content (AvgIpc) is 2.49. The van der Waals surface area contributed by atoms with Gasteiger partial charge in [-0.05, 0) is 76.5 Å². The third-order valence-corrected chi connectivity index (χ3v) is 6.46. The molecule has 0 saturated heterocycles. The highest BCUT2D eigenvalue weighted by Gasteiger charge is 2.55. The van der Waals surface area contributed by atoms with Crippen LogP contribution >= 0.6 is 0 Å². The summed E-state index contributed by atoms with van der Waals surface area (Å²) < 4.78 is 0. The lowest BCUT2D eigenvalue weighted by molar-refractivity contribution is -0.159. The number of hydrogen-bond acceptors (Lipinski definition) is 2. The summed E-state index contributed by atoms with van der Waals surface area (Å²) in [6.45, 7) is 4.93. The zero-order valence-corrected chi connectivity index (χ0v) is 14.9. The van der Waals surface area contributed by atoms with Gasteiger partial charge in [-0.3, -0.25) is 9.59 Å². The molecule has 0 atom stereocenters. The van der Waals surface area contributed by atoms with Gasteiger partial charge in [0.2, 0.25) is 11.8 Å². The van der Waals surface area contributed by atoms with E-state index in [4.69, 9.17) is 0 Å². The topological polar surface area (TPSA) is 49.4 Å². The summed E-state index contributed by atoms with van der Waals surface area (Å²) in [5.74, 6) is 2.85. The molecule has 0 aromatic rings. The van der Waals surface area contributed by atoms with Crippen molar-refractivity contribution < 1.29 is 9.59 Å². The van der Waals surface area contributed by atoms with Gasteiger partial charge in [0.25, 0.3) is 0 Å². The molecule has 0 heterocycles. The molecule has 4 aliphatic carbocycles. The van der Waals surface area contributed by atoms with Crippen molar-refractivity contribution >= 4 is 11.8 Å². The van der Waals surface area contributed by atoms with Gasteiger partial charge in [-0.1, -0.05) is 0 Å². The van der Waals surface area contributed by atoms with Gasteiger partial charge >= 0.3 is 0 Å². The number of amides is 2. The lowest BCUT2D eigenvalue weighted by atomic mass is 9.49. The number of nitrogens with zero attached hydrogens (tertiary/aromatic N) is 1. The first-order chi connectivity index (χ1) is 10.9. The van der Waals surface area contributed by atoms with Crippen LogP contribution in [0.15, 0.2) is 0 Å². The minimum Gasteiger partial charge on any atom is -0.359 e. The Morgan fingerprint density at radius 1 is 1.09 bits per heavy atom. The minimum absolute atomic E-state index is 0.0635. The van der Waals surface area contributed by atoms with Crippen LogP contribution in [0.5, 0.6) is 0 Å². The van der Waals surface area contributed by atoms with E-state index in [1.54, 1.807) is 7.05 Å². The van der Waals surface area contributed by atoms with Gasteiger partial charge in [-0.2, -0.15) is 0 Å². The van der Waals surface area contributed by atoms with Gasteiger partial charge in [0.15, 0.2) is 0 Å². The molecule has 4 aliphatic rings. The van der Waals surface area contributed by atoms with E-state index in [2.05, 4.69) is 24.1 Å². The van der Waals surface area contributed by atoms with Crippen molar-refractivity contribution in [3.8, 4) is 0 Å². The smallest absolute Gasteiger partial charge is 0.229 e. The molecule has 23 heavy (non-hydrogen) atoms. The molecule has 0 aromatic carbocycles. The molecular formula is C19H32N2O2. The first-order valence-electron chi connectivity index (χ1n) is 9.45. The van der Waals surface area contributed by atoms with Crippen molar-refractivity contribution in [1.82, 2.24) is 10.2 Å². The van der Waals surface area contributed by atoms with Crippen LogP contribution in [-0.4, -0.2) is 36.3 Å². The lowest BCUT2D eigenvalue weighted by Crippen LogP contribution is -2.56. The molecule has 4 heteroatoms. The fourth-order valence-electron chi connectivity index (χ4n) is 5.81. The van der Waals surface area contributed by atoms with Crippen molar-refractivity contribution in [2.45, 2.75) is 71.3 Å². The SMILES string of the molecule is CNC(=O)CCCN(C(=O)C12CC3CC(CC(C3)C1)C2)C(C)C. The van der Waals surface area contributed by atoms with E-state index in [0.29, 0.717) is 18.9 Å². The summed E-state index contributed by atoms with van der Waals surface area (Å²) in [5, 5.41) is 2.66. The Balaban J connectivity index is 1.67. The maximum atomic E-state index is 13.4. The summed E-state index contributed by atoms with van der Waals surface area (Å²) in [7, 11) is 1.67. The molecule has 4 bridgehead atoms. The first kappa shape index (κ1) is 16.8. The summed E-state index contributed by atoms with van der Waals surface area (Å²) in [6, 6.07) is 0.222. The summed E-state index contributed by atoms with van der Waals surface area (Å²) in [6.07, 6.45) is 8.73. The van der Waals surface area contributed by atoms with E-state index in [0.717, 1.165) is 43.4 Å². The average molecular weight is 320 g/mol. The van der Waals surface area contributed by atoms with E-state index < -0.39 is 0 Å². The molecule has 1 N–H and O–H groups in total. The third-order valence-electron chi connectivity index (χ3n) is 6.46.